The summed E-state index contributed by atoms with van der Waals surface area (Å²) in [6.45, 7) is 2.00. The summed E-state index contributed by atoms with van der Waals surface area (Å²) in [5.41, 5.74) is 7.75. The van der Waals surface area contributed by atoms with Crippen molar-refractivity contribution in [1.82, 2.24) is 9.97 Å². The van der Waals surface area contributed by atoms with Crippen molar-refractivity contribution in [2.45, 2.75) is 13.3 Å². The molecule has 0 aliphatic rings. The first-order chi connectivity index (χ1) is 8.58. The van der Waals surface area contributed by atoms with E-state index in [0.717, 1.165) is 11.1 Å². The number of nitrogens with two attached hydrogens (primary N) is 1. The minimum absolute atomic E-state index is 0.00100. The maximum atomic E-state index is 10.8. The van der Waals surface area contributed by atoms with E-state index in [-0.39, 0.29) is 11.4 Å². The summed E-state index contributed by atoms with van der Waals surface area (Å²) >= 11 is 0. The summed E-state index contributed by atoms with van der Waals surface area (Å²) in [6, 6.07) is 7.89. The Bertz CT molecular complexity index is 597. The number of benzene rings is 1. The van der Waals surface area contributed by atoms with Crippen LogP contribution in [0.5, 0.6) is 0 Å². The molecule has 92 valence electrons. The zero-order valence-corrected chi connectivity index (χ0v) is 9.92. The largest absolute Gasteiger partial charge is 0.477 e. The highest BCUT2D eigenvalue weighted by molar-refractivity contribution is 5.92. The molecule has 1 aromatic heterocycles. The fourth-order valence-electron chi connectivity index (χ4n) is 1.66. The van der Waals surface area contributed by atoms with Crippen molar-refractivity contribution in [3.63, 3.8) is 0 Å². The first-order valence-corrected chi connectivity index (χ1v) is 5.47. The molecule has 1 heterocycles. The standard InChI is InChI=1S/C13H13N3O2/c1-8-4-2-3-5-9(8)6-11-15-7-10(13(17)18)12(14)16-11/h2-5,7H,6H2,1H3,(H,17,18)(H2,14,15,16). The molecule has 1 aromatic carbocycles. The van der Waals surface area contributed by atoms with Gasteiger partial charge in [0.25, 0.3) is 0 Å². The lowest BCUT2D eigenvalue weighted by Gasteiger charge is -2.06. The van der Waals surface area contributed by atoms with Gasteiger partial charge in [-0.15, -0.1) is 0 Å². The van der Waals surface area contributed by atoms with Gasteiger partial charge in [-0.25, -0.2) is 14.8 Å². The van der Waals surface area contributed by atoms with Crippen LogP contribution in [0.3, 0.4) is 0 Å². The van der Waals surface area contributed by atoms with Crippen LogP contribution in [0.1, 0.15) is 27.3 Å². The average Bonchev–Trinajstić information content (AvgIpc) is 2.32. The number of hydrogen-bond donors (Lipinski definition) is 2. The summed E-state index contributed by atoms with van der Waals surface area (Å²) in [4.78, 5) is 18.8. The van der Waals surface area contributed by atoms with Gasteiger partial charge in [0, 0.05) is 12.6 Å². The van der Waals surface area contributed by atoms with E-state index in [9.17, 15) is 4.79 Å². The van der Waals surface area contributed by atoms with E-state index < -0.39 is 5.97 Å². The molecule has 0 aliphatic heterocycles. The fourth-order valence-corrected chi connectivity index (χ4v) is 1.66. The maximum Gasteiger partial charge on any atom is 0.341 e. The molecule has 3 N–H and O–H groups in total. The predicted octanol–water partition coefficient (Wildman–Crippen LogP) is 1.66. The van der Waals surface area contributed by atoms with Crippen LogP contribution in [0.15, 0.2) is 30.5 Å². The van der Waals surface area contributed by atoms with Gasteiger partial charge >= 0.3 is 5.97 Å². The van der Waals surface area contributed by atoms with Crippen molar-refractivity contribution in [1.29, 1.82) is 0 Å². The number of nitrogen functional groups attached to an aromatic ring is 1. The minimum atomic E-state index is -1.12. The number of carboxylic acids is 1. The Morgan fingerprint density at radius 2 is 2.11 bits per heavy atom. The van der Waals surface area contributed by atoms with Gasteiger partial charge in [0.15, 0.2) is 0 Å². The molecular weight excluding hydrogens is 230 g/mol. The van der Waals surface area contributed by atoms with Crippen molar-refractivity contribution < 1.29 is 9.90 Å². The highest BCUT2D eigenvalue weighted by Crippen LogP contribution is 2.13. The van der Waals surface area contributed by atoms with Crippen LogP contribution < -0.4 is 5.73 Å². The first kappa shape index (κ1) is 12.0. The summed E-state index contributed by atoms with van der Waals surface area (Å²) in [6.07, 6.45) is 1.79. The molecular formula is C13H13N3O2. The van der Waals surface area contributed by atoms with E-state index >= 15 is 0 Å². The van der Waals surface area contributed by atoms with Gasteiger partial charge < -0.3 is 10.8 Å². The molecule has 0 spiro atoms. The third kappa shape index (κ3) is 2.45. The Morgan fingerprint density at radius 3 is 2.72 bits per heavy atom. The van der Waals surface area contributed by atoms with Gasteiger partial charge in [0.2, 0.25) is 0 Å². The van der Waals surface area contributed by atoms with Gasteiger partial charge in [-0.2, -0.15) is 0 Å². The molecule has 0 aliphatic carbocycles. The second-order valence-corrected chi connectivity index (χ2v) is 3.99. The molecule has 0 radical (unpaired) electrons. The van der Waals surface area contributed by atoms with Crippen molar-refractivity contribution in [3.05, 3.63) is 53.0 Å². The first-order valence-electron chi connectivity index (χ1n) is 5.47. The van der Waals surface area contributed by atoms with Crippen molar-refractivity contribution >= 4 is 11.8 Å². The Balaban J connectivity index is 2.29. The van der Waals surface area contributed by atoms with E-state index in [1.54, 1.807) is 0 Å². The molecule has 2 rings (SSSR count). The molecule has 5 heteroatoms. The lowest BCUT2D eigenvalue weighted by Crippen LogP contribution is -2.08. The zero-order chi connectivity index (χ0) is 13.1. The number of rotatable bonds is 3. The second kappa shape index (κ2) is 4.83. The minimum Gasteiger partial charge on any atom is -0.477 e. The van der Waals surface area contributed by atoms with Gasteiger partial charge in [0.05, 0.1) is 0 Å². The predicted molar refractivity (Wildman–Crippen MR) is 67.4 cm³/mol. The van der Waals surface area contributed by atoms with Crippen LogP contribution in [-0.4, -0.2) is 21.0 Å². The molecule has 0 bridgehead atoms. The topological polar surface area (TPSA) is 89.1 Å². The van der Waals surface area contributed by atoms with E-state index in [2.05, 4.69) is 9.97 Å². The van der Waals surface area contributed by atoms with Gasteiger partial charge in [-0.05, 0) is 18.1 Å². The maximum absolute atomic E-state index is 10.8. The summed E-state index contributed by atoms with van der Waals surface area (Å²) in [7, 11) is 0. The Kier molecular flexibility index (Phi) is 3.23. The third-order valence-electron chi connectivity index (χ3n) is 2.71. The van der Waals surface area contributed by atoms with E-state index in [0.29, 0.717) is 12.2 Å². The van der Waals surface area contributed by atoms with Crippen molar-refractivity contribution in [2.75, 3.05) is 5.73 Å². The second-order valence-electron chi connectivity index (χ2n) is 3.99. The number of carboxylic acid groups (broad SMARTS) is 1. The number of aromatic carboxylic acids is 1. The van der Waals surface area contributed by atoms with Crippen molar-refractivity contribution in [3.8, 4) is 0 Å². The number of carbonyl (C=O) groups is 1. The molecule has 0 unspecified atom stereocenters. The lowest BCUT2D eigenvalue weighted by atomic mass is 10.1. The molecule has 5 nitrogen and oxygen atoms in total. The number of nitrogens with zero attached hydrogens (tertiary/aromatic N) is 2. The molecule has 2 aromatic rings. The highest BCUT2D eigenvalue weighted by atomic mass is 16.4. The number of aryl methyl sites for hydroxylation is 1. The van der Waals surface area contributed by atoms with Gasteiger partial charge in [-0.3, -0.25) is 0 Å². The highest BCUT2D eigenvalue weighted by Gasteiger charge is 2.11. The fraction of sp³-hybridized carbons (Fsp3) is 0.154. The van der Waals surface area contributed by atoms with Crippen LogP contribution in [-0.2, 0) is 6.42 Å². The van der Waals surface area contributed by atoms with Crippen LogP contribution in [0.4, 0.5) is 5.82 Å². The quantitative estimate of drug-likeness (QED) is 0.855. The Morgan fingerprint density at radius 1 is 1.39 bits per heavy atom. The molecule has 18 heavy (non-hydrogen) atoms. The van der Waals surface area contributed by atoms with Crippen LogP contribution in [0.25, 0.3) is 0 Å². The average molecular weight is 243 g/mol. The lowest BCUT2D eigenvalue weighted by molar-refractivity contribution is 0.0697. The molecule has 0 amide bonds. The van der Waals surface area contributed by atoms with E-state index in [4.69, 9.17) is 10.8 Å². The normalized spacial score (nSPS) is 10.3. The smallest absolute Gasteiger partial charge is 0.341 e. The molecule has 0 fully saturated rings. The van der Waals surface area contributed by atoms with Gasteiger partial charge in [-0.1, -0.05) is 24.3 Å². The van der Waals surface area contributed by atoms with Crippen molar-refractivity contribution in [2.24, 2.45) is 0 Å². The van der Waals surface area contributed by atoms with Crippen LogP contribution in [0, 0.1) is 6.92 Å². The third-order valence-corrected chi connectivity index (χ3v) is 2.71. The van der Waals surface area contributed by atoms with Crippen LogP contribution >= 0.6 is 0 Å². The SMILES string of the molecule is Cc1ccccc1Cc1ncc(C(=O)O)c(N)n1. The summed E-state index contributed by atoms with van der Waals surface area (Å²) in [5.74, 6) is -0.595. The Labute approximate surface area is 104 Å². The number of aromatic nitrogens is 2. The monoisotopic (exact) mass is 243 g/mol. The van der Waals surface area contributed by atoms with Crippen LogP contribution in [0.2, 0.25) is 0 Å². The van der Waals surface area contributed by atoms with Gasteiger partial charge in [0.1, 0.15) is 17.2 Å². The number of anilines is 1. The molecule has 0 saturated carbocycles. The van der Waals surface area contributed by atoms with E-state index in [1.165, 1.54) is 6.20 Å². The number of hydrogen-bond acceptors (Lipinski definition) is 4. The summed E-state index contributed by atoms with van der Waals surface area (Å²) < 4.78 is 0. The van der Waals surface area contributed by atoms with E-state index in [1.807, 2.05) is 31.2 Å². The molecule has 0 saturated heterocycles. The molecule has 0 atom stereocenters. The Hall–Kier alpha value is -2.43. The summed E-state index contributed by atoms with van der Waals surface area (Å²) in [5, 5.41) is 8.83. The zero-order valence-electron chi connectivity index (χ0n) is 9.92.